The van der Waals surface area contributed by atoms with Gasteiger partial charge in [0.1, 0.15) is 6.61 Å². The normalized spacial score (nSPS) is 18.4. The molecule has 110 valence electrons. The largest absolute Gasteiger partial charge is 0.486 e. The van der Waals surface area contributed by atoms with Gasteiger partial charge >= 0.3 is 0 Å². The minimum absolute atomic E-state index is 0.0883. The first-order valence-corrected chi connectivity index (χ1v) is 6.92. The van der Waals surface area contributed by atoms with Crippen LogP contribution in [-0.2, 0) is 4.79 Å². The standard InChI is InChI=1S/C15H22N2O3/c1-11(8-16)7-15(18)17(2)9-12-10-19-13-5-3-4-6-14(13)20-12/h3-6,11-12H,7-10,16H2,1-2H3. The molecule has 20 heavy (non-hydrogen) atoms. The number of rotatable bonds is 5. The molecule has 1 aromatic carbocycles. The highest BCUT2D eigenvalue weighted by Crippen LogP contribution is 2.30. The summed E-state index contributed by atoms with van der Waals surface area (Å²) in [5, 5.41) is 0. The lowest BCUT2D eigenvalue weighted by molar-refractivity contribution is -0.132. The van der Waals surface area contributed by atoms with E-state index < -0.39 is 0 Å². The monoisotopic (exact) mass is 278 g/mol. The zero-order valence-corrected chi connectivity index (χ0v) is 12.0. The number of fused-ring (bicyclic) bond motifs is 1. The van der Waals surface area contributed by atoms with E-state index in [-0.39, 0.29) is 17.9 Å². The Kier molecular flexibility index (Phi) is 4.84. The van der Waals surface area contributed by atoms with Crippen LogP contribution >= 0.6 is 0 Å². The Morgan fingerprint density at radius 1 is 1.45 bits per heavy atom. The Balaban J connectivity index is 1.87. The molecule has 0 fully saturated rings. The fourth-order valence-corrected chi connectivity index (χ4v) is 2.10. The molecular weight excluding hydrogens is 256 g/mol. The second-order valence-corrected chi connectivity index (χ2v) is 5.32. The number of carbonyl (C=O) groups excluding carboxylic acids is 1. The molecule has 0 saturated heterocycles. The number of ether oxygens (including phenoxy) is 2. The first kappa shape index (κ1) is 14.7. The summed E-state index contributed by atoms with van der Waals surface area (Å²) in [4.78, 5) is 13.7. The van der Waals surface area contributed by atoms with Gasteiger partial charge in [-0.1, -0.05) is 19.1 Å². The first-order chi connectivity index (χ1) is 9.60. The van der Waals surface area contributed by atoms with E-state index in [0.717, 1.165) is 11.5 Å². The van der Waals surface area contributed by atoms with Gasteiger partial charge < -0.3 is 20.1 Å². The van der Waals surface area contributed by atoms with E-state index in [4.69, 9.17) is 15.2 Å². The fraction of sp³-hybridized carbons (Fsp3) is 0.533. The van der Waals surface area contributed by atoms with E-state index in [1.807, 2.05) is 31.2 Å². The van der Waals surface area contributed by atoms with Crippen LogP contribution in [0.15, 0.2) is 24.3 Å². The third-order valence-corrected chi connectivity index (χ3v) is 3.40. The van der Waals surface area contributed by atoms with Crippen molar-refractivity contribution in [2.45, 2.75) is 19.4 Å². The molecule has 2 N–H and O–H groups in total. The van der Waals surface area contributed by atoms with E-state index in [1.54, 1.807) is 11.9 Å². The molecule has 0 aromatic heterocycles. The van der Waals surface area contributed by atoms with Gasteiger partial charge in [-0.25, -0.2) is 0 Å². The predicted octanol–water partition coefficient (Wildman–Crippen LogP) is 1.27. The summed E-state index contributed by atoms with van der Waals surface area (Å²) in [6, 6.07) is 7.57. The molecule has 2 rings (SSSR count). The highest BCUT2D eigenvalue weighted by molar-refractivity contribution is 5.76. The van der Waals surface area contributed by atoms with E-state index in [2.05, 4.69) is 0 Å². The molecular formula is C15H22N2O3. The van der Waals surface area contributed by atoms with Gasteiger partial charge in [0.05, 0.1) is 6.54 Å². The fourth-order valence-electron chi connectivity index (χ4n) is 2.10. The number of nitrogens with zero attached hydrogens (tertiary/aromatic N) is 1. The van der Waals surface area contributed by atoms with Gasteiger partial charge in [0, 0.05) is 13.5 Å². The molecule has 1 aliphatic rings. The van der Waals surface area contributed by atoms with E-state index >= 15 is 0 Å². The average molecular weight is 278 g/mol. The summed E-state index contributed by atoms with van der Waals surface area (Å²) in [6.45, 7) is 3.48. The molecule has 2 atom stereocenters. The summed E-state index contributed by atoms with van der Waals surface area (Å²) < 4.78 is 11.5. The molecule has 5 heteroatoms. The Morgan fingerprint density at radius 3 is 2.85 bits per heavy atom. The van der Waals surface area contributed by atoms with Crippen LogP contribution in [0.4, 0.5) is 0 Å². The molecule has 0 spiro atoms. The van der Waals surface area contributed by atoms with Gasteiger partial charge in [-0.2, -0.15) is 0 Å². The van der Waals surface area contributed by atoms with Gasteiger partial charge in [-0.05, 0) is 24.6 Å². The molecule has 0 saturated carbocycles. The minimum Gasteiger partial charge on any atom is -0.486 e. The summed E-state index contributed by atoms with van der Waals surface area (Å²) in [6.07, 6.45) is 0.337. The lowest BCUT2D eigenvalue weighted by Crippen LogP contribution is -2.42. The number of para-hydroxylation sites is 2. The second kappa shape index (κ2) is 6.61. The van der Waals surface area contributed by atoms with Gasteiger partial charge in [0.2, 0.25) is 5.91 Å². The number of likely N-dealkylation sites (N-methyl/N-ethyl adjacent to an activating group) is 1. The summed E-state index contributed by atoms with van der Waals surface area (Å²) >= 11 is 0. The number of nitrogens with two attached hydrogens (primary N) is 1. The SMILES string of the molecule is CC(CN)CC(=O)N(C)CC1COc2ccccc2O1. The molecule has 0 radical (unpaired) electrons. The van der Waals surface area contributed by atoms with E-state index in [0.29, 0.717) is 26.1 Å². The minimum atomic E-state index is -0.132. The molecule has 1 aliphatic heterocycles. The average Bonchev–Trinajstić information content (AvgIpc) is 2.46. The van der Waals surface area contributed by atoms with Crippen molar-refractivity contribution in [3.05, 3.63) is 24.3 Å². The number of hydrogen-bond donors (Lipinski definition) is 1. The van der Waals surface area contributed by atoms with Crippen LogP contribution in [-0.4, -0.2) is 43.7 Å². The quantitative estimate of drug-likeness (QED) is 0.881. The third-order valence-electron chi connectivity index (χ3n) is 3.40. The zero-order chi connectivity index (χ0) is 14.5. The van der Waals surface area contributed by atoms with E-state index in [1.165, 1.54) is 0 Å². The third kappa shape index (κ3) is 3.63. The van der Waals surface area contributed by atoms with Crippen LogP contribution < -0.4 is 15.2 Å². The summed E-state index contributed by atoms with van der Waals surface area (Å²) in [7, 11) is 1.79. The van der Waals surface area contributed by atoms with Crippen molar-refractivity contribution in [3.63, 3.8) is 0 Å². The lowest BCUT2D eigenvalue weighted by atomic mass is 10.1. The number of carbonyl (C=O) groups is 1. The van der Waals surface area contributed by atoms with Crippen LogP contribution in [0.3, 0.4) is 0 Å². The smallest absolute Gasteiger partial charge is 0.222 e. The second-order valence-electron chi connectivity index (χ2n) is 5.32. The van der Waals surface area contributed by atoms with E-state index in [9.17, 15) is 4.79 Å². The summed E-state index contributed by atoms with van der Waals surface area (Å²) in [5.74, 6) is 1.79. The maximum absolute atomic E-state index is 12.0. The maximum atomic E-state index is 12.0. The van der Waals surface area contributed by atoms with Crippen LogP contribution in [0.25, 0.3) is 0 Å². The molecule has 0 bridgehead atoms. The van der Waals surface area contributed by atoms with Crippen LogP contribution in [0.5, 0.6) is 11.5 Å². The maximum Gasteiger partial charge on any atom is 0.222 e. The van der Waals surface area contributed by atoms with Gasteiger partial charge in [0.15, 0.2) is 17.6 Å². The molecule has 2 unspecified atom stereocenters. The van der Waals surface area contributed by atoms with Crippen molar-refractivity contribution in [2.24, 2.45) is 11.7 Å². The zero-order valence-electron chi connectivity index (χ0n) is 12.0. The van der Waals surface area contributed by atoms with Gasteiger partial charge in [-0.15, -0.1) is 0 Å². The number of amides is 1. The van der Waals surface area contributed by atoms with Crippen molar-refractivity contribution in [1.82, 2.24) is 4.90 Å². The van der Waals surface area contributed by atoms with Crippen molar-refractivity contribution in [1.29, 1.82) is 0 Å². The summed E-state index contributed by atoms with van der Waals surface area (Å²) in [5.41, 5.74) is 5.54. The van der Waals surface area contributed by atoms with Crippen molar-refractivity contribution >= 4 is 5.91 Å². The van der Waals surface area contributed by atoms with Crippen LogP contribution in [0.2, 0.25) is 0 Å². The molecule has 1 heterocycles. The molecule has 0 aliphatic carbocycles. The molecule has 1 amide bonds. The van der Waals surface area contributed by atoms with Gasteiger partial charge in [0.25, 0.3) is 0 Å². The highest BCUT2D eigenvalue weighted by Gasteiger charge is 2.24. The van der Waals surface area contributed by atoms with Crippen molar-refractivity contribution < 1.29 is 14.3 Å². The van der Waals surface area contributed by atoms with Crippen molar-refractivity contribution in [3.8, 4) is 11.5 Å². The highest BCUT2D eigenvalue weighted by atomic mass is 16.6. The molecule has 5 nitrogen and oxygen atoms in total. The number of hydrogen-bond acceptors (Lipinski definition) is 4. The molecule has 1 aromatic rings. The Labute approximate surface area is 119 Å². The predicted molar refractivity (Wildman–Crippen MR) is 76.8 cm³/mol. The Hall–Kier alpha value is -1.75. The topological polar surface area (TPSA) is 64.8 Å². The Bertz CT molecular complexity index is 464. The van der Waals surface area contributed by atoms with Gasteiger partial charge in [-0.3, -0.25) is 4.79 Å². The van der Waals surface area contributed by atoms with Crippen LogP contribution in [0.1, 0.15) is 13.3 Å². The Morgan fingerprint density at radius 2 is 2.15 bits per heavy atom. The lowest BCUT2D eigenvalue weighted by Gasteiger charge is -2.30. The number of benzene rings is 1. The van der Waals surface area contributed by atoms with Crippen molar-refractivity contribution in [2.75, 3.05) is 26.7 Å². The first-order valence-electron chi connectivity index (χ1n) is 6.92. The van der Waals surface area contributed by atoms with Crippen LogP contribution in [0, 0.1) is 5.92 Å².